The molecular weight excluding hydrogens is 211 g/mol. The van der Waals surface area contributed by atoms with Crippen LogP contribution in [0.5, 0.6) is 0 Å². The lowest BCUT2D eigenvalue weighted by Gasteiger charge is -2.23. The summed E-state index contributed by atoms with van der Waals surface area (Å²) in [6.45, 7) is 2.97. The minimum Gasteiger partial charge on any atom is -0.379 e. The first-order valence-corrected chi connectivity index (χ1v) is 5.10. The Balaban J connectivity index is 2.11. The second-order valence-electron chi connectivity index (χ2n) is 4.17. The Morgan fingerprint density at radius 3 is 3.12 bits per heavy atom. The number of nitrogens with one attached hydrogen (secondary N) is 1. The summed E-state index contributed by atoms with van der Waals surface area (Å²) in [7, 11) is 0. The predicted octanol–water partition coefficient (Wildman–Crippen LogP) is 1.13. The molecule has 2 rings (SSSR count). The Bertz CT molecular complexity index is 403. The first-order chi connectivity index (χ1) is 7.61. The molecule has 0 aliphatic carbocycles. The highest BCUT2D eigenvalue weighted by Crippen LogP contribution is 2.18. The zero-order valence-electron chi connectivity index (χ0n) is 9.00. The summed E-state index contributed by atoms with van der Waals surface area (Å²) in [5, 5.41) is 2.78. The van der Waals surface area contributed by atoms with Gasteiger partial charge in [0.2, 0.25) is 0 Å². The van der Waals surface area contributed by atoms with Crippen molar-refractivity contribution in [2.24, 2.45) is 0 Å². The van der Waals surface area contributed by atoms with Crippen molar-refractivity contribution in [1.82, 2.24) is 10.3 Å². The molecule has 5 heteroatoms. The maximum atomic E-state index is 13.3. The molecule has 0 bridgehead atoms. The van der Waals surface area contributed by atoms with Gasteiger partial charge in [0.05, 0.1) is 23.9 Å². The molecule has 0 spiro atoms. The SMILES string of the molecule is CC1(NC(=O)c2ccncc2F)CCOC1. The Morgan fingerprint density at radius 1 is 1.69 bits per heavy atom. The minimum absolute atomic E-state index is 0.0168. The van der Waals surface area contributed by atoms with Gasteiger partial charge >= 0.3 is 0 Å². The third-order valence-electron chi connectivity index (χ3n) is 2.65. The molecule has 0 saturated carbocycles. The van der Waals surface area contributed by atoms with Gasteiger partial charge in [-0.1, -0.05) is 0 Å². The van der Waals surface area contributed by atoms with E-state index in [-0.39, 0.29) is 5.56 Å². The van der Waals surface area contributed by atoms with Crippen molar-refractivity contribution in [1.29, 1.82) is 0 Å². The van der Waals surface area contributed by atoms with E-state index in [1.807, 2.05) is 6.92 Å². The van der Waals surface area contributed by atoms with Crippen molar-refractivity contribution in [3.8, 4) is 0 Å². The number of amides is 1. The average molecular weight is 224 g/mol. The summed E-state index contributed by atoms with van der Waals surface area (Å²) in [6, 6.07) is 1.36. The number of carbonyl (C=O) groups excluding carboxylic acids is 1. The van der Waals surface area contributed by atoms with Crippen LogP contribution in [-0.4, -0.2) is 29.6 Å². The Morgan fingerprint density at radius 2 is 2.50 bits per heavy atom. The Kier molecular flexibility index (Phi) is 2.87. The van der Waals surface area contributed by atoms with Crippen molar-refractivity contribution in [2.45, 2.75) is 18.9 Å². The summed E-state index contributed by atoms with van der Waals surface area (Å²) in [5.41, 5.74) is -0.379. The second-order valence-corrected chi connectivity index (χ2v) is 4.17. The molecule has 1 atom stereocenters. The van der Waals surface area contributed by atoms with Crippen LogP contribution >= 0.6 is 0 Å². The smallest absolute Gasteiger partial charge is 0.254 e. The van der Waals surface area contributed by atoms with E-state index in [0.717, 1.165) is 12.6 Å². The number of pyridine rings is 1. The molecule has 16 heavy (non-hydrogen) atoms. The number of ether oxygens (including phenoxy) is 1. The van der Waals surface area contributed by atoms with E-state index in [1.165, 1.54) is 12.3 Å². The molecule has 86 valence electrons. The highest BCUT2D eigenvalue weighted by Gasteiger charge is 2.32. The fraction of sp³-hybridized carbons (Fsp3) is 0.455. The lowest BCUT2D eigenvalue weighted by Crippen LogP contribution is -2.46. The van der Waals surface area contributed by atoms with Gasteiger partial charge in [0.25, 0.3) is 5.91 Å². The van der Waals surface area contributed by atoms with Gasteiger partial charge in [-0.15, -0.1) is 0 Å². The molecule has 1 aromatic heterocycles. The maximum absolute atomic E-state index is 13.3. The van der Waals surface area contributed by atoms with E-state index in [2.05, 4.69) is 10.3 Å². The van der Waals surface area contributed by atoms with Gasteiger partial charge in [-0.3, -0.25) is 9.78 Å². The summed E-state index contributed by atoms with van der Waals surface area (Å²) in [6.07, 6.45) is 3.17. The molecular formula is C11H13FN2O2. The second kappa shape index (κ2) is 4.17. The third-order valence-corrected chi connectivity index (χ3v) is 2.65. The van der Waals surface area contributed by atoms with Crippen LogP contribution in [0.1, 0.15) is 23.7 Å². The van der Waals surface area contributed by atoms with Crippen LogP contribution in [0.3, 0.4) is 0 Å². The summed E-state index contributed by atoms with van der Waals surface area (Å²) in [5.74, 6) is -1.03. The number of nitrogens with zero attached hydrogens (tertiary/aromatic N) is 1. The van der Waals surface area contributed by atoms with E-state index in [4.69, 9.17) is 4.74 Å². The van der Waals surface area contributed by atoms with E-state index >= 15 is 0 Å². The number of halogens is 1. The molecule has 0 aromatic carbocycles. The average Bonchev–Trinajstić information content (AvgIpc) is 2.65. The van der Waals surface area contributed by atoms with Gasteiger partial charge < -0.3 is 10.1 Å². The zero-order chi connectivity index (χ0) is 11.6. The third kappa shape index (κ3) is 2.19. The summed E-state index contributed by atoms with van der Waals surface area (Å²) in [4.78, 5) is 15.4. The van der Waals surface area contributed by atoms with Crippen LogP contribution in [-0.2, 0) is 4.74 Å². The molecule has 1 fully saturated rings. The molecule has 2 heterocycles. The number of aromatic nitrogens is 1. The molecule has 1 amide bonds. The standard InChI is InChI=1S/C11H13FN2O2/c1-11(3-5-16-7-11)14-10(15)8-2-4-13-6-9(8)12/h2,4,6H,3,5,7H2,1H3,(H,14,15). The van der Waals surface area contributed by atoms with Gasteiger partial charge in [-0.2, -0.15) is 0 Å². The summed E-state index contributed by atoms with van der Waals surface area (Å²) < 4.78 is 18.5. The van der Waals surface area contributed by atoms with Gasteiger partial charge in [0.1, 0.15) is 0 Å². The van der Waals surface area contributed by atoms with Crippen LogP contribution < -0.4 is 5.32 Å². The molecule has 4 nitrogen and oxygen atoms in total. The number of hydrogen-bond donors (Lipinski definition) is 1. The van der Waals surface area contributed by atoms with E-state index in [9.17, 15) is 9.18 Å². The van der Waals surface area contributed by atoms with Crippen LogP contribution in [0.4, 0.5) is 4.39 Å². The number of carbonyl (C=O) groups is 1. The van der Waals surface area contributed by atoms with Gasteiger partial charge in [-0.25, -0.2) is 4.39 Å². The van der Waals surface area contributed by atoms with Gasteiger partial charge in [0.15, 0.2) is 5.82 Å². The fourth-order valence-electron chi connectivity index (χ4n) is 1.67. The minimum atomic E-state index is -0.609. The topological polar surface area (TPSA) is 51.2 Å². The Labute approximate surface area is 92.8 Å². The van der Waals surface area contributed by atoms with E-state index < -0.39 is 17.3 Å². The Hall–Kier alpha value is -1.49. The fourth-order valence-corrected chi connectivity index (χ4v) is 1.67. The van der Waals surface area contributed by atoms with Crippen LogP contribution in [0.2, 0.25) is 0 Å². The first kappa shape index (κ1) is 11.0. The quantitative estimate of drug-likeness (QED) is 0.819. The van der Waals surface area contributed by atoms with Crippen LogP contribution in [0.25, 0.3) is 0 Å². The molecule has 1 aliphatic heterocycles. The lowest BCUT2D eigenvalue weighted by atomic mass is 10.0. The molecule has 0 radical (unpaired) electrons. The van der Waals surface area contributed by atoms with Crippen LogP contribution in [0.15, 0.2) is 18.5 Å². The highest BCUT2D eigenvalue weighted by atomic mass is 19.1. The van der Waals surface area contributed by atoms with Crippen molar-refractivity contribution in [2.75, 3.05) is 13.2 Å². The number of hydrogen-bond acceptors (Lipinski definition) is 3. The van der Waals surface area contributed by atoms with Crippen molar-refractivity contribution >= 4 is 5.91 Å². The zero-order valence-corrected chi connectivity index (χ0v) is 9.00. The first-order valence-electron chi connectivity index (χ1n) is 5.10. The van der Waals surface area contributed by atoms with Gasteiger partial charge in [-0.05, 0) is 19.4 Å². The molecule has 1 aliphatic rings. The maximum Gasteiger partial charge on any atom is 0.254 e. The lowest BCUT2D eigenvalue weighted by molar-refractivity contribution is 0.0885. The summed E-state index contributed by atoms with van der Waals surface area (Å²) >= 11 is 0. The van der Waals surface area contributed by atoms with Crippen molar-refractivity contribution in [3.05, 3.63) is 29.8 Å². The number of rotatable bonds is 2. The van der Waals surface area contributed by atoms with Crippen LogP contribution in [0, 0.1) is 5.82 Å². The predicted molar refractivity (Wildman–Crippen MR) is 55.5 cm³/mol. The normalized spacial score (nSPS) is 24.4. The van der Waals surface area contributed by atoms with E-state index in [1.54, 1.807) is 0 Å². The van der Waals surface area contributed by atoms with E-state index in [0.29, 0.717) is 13.2 Å². The molecule has 1 aromatic rings. The highest BCUT2D eigenvalue weighted by molar-refractivity contribution is 5.94. The van der Waals surface area contributed by atoms with Gasteiger partial charge in [0, 0.05) is 12.8 Å². The molecule has 1 saturated heterocycles. The van der Waals surface area contributed by atoms with Crippen molar-refractivity contribution in [3.63, 3.8) is 0 Å². The monoisotopic (exact) mass is 224 g/mol. The molecule has 1 unspecified atom stereocenters. The largest absolute Gasteiger partial charge is 0.379 e. The van der Waals surface area contributed by atoms with Crippen molar-refractivity contribution < 1.29 is 13.9 Å². The molecule has 1 N–H and O–H groups in total.